The van der Waals surface area contributed by atoms with Crippen LogP contribution < -0.4 is 0 Å². The van der Waals surface area contributed by atoms with E-state index in [1.165, 1.54) is 0 Å². The molecule has 1 aliphatic heterocycles. The van der Waals surface area contributed by atoms with Crippen molar-refractivity contribution in [3.8, 4) is 0 Å². The number of rotatable bonds is 4. The molecule has 0 aromatic heterocycles. The second kappa shape index (κ2) is 4.03. The first kappa shape index (κ1) is 11.4. The average Bonchev–Trinajstić information content (AvgIpc) is 2.77. The van der Waals surface area contributed by atoms with Gasteiger partial charge in [-0.25, -0.2) is 8.78 Å². The minimum absolute atomic E-state index is 0.137. The van der Waals surface area contributed by atoms with E-state index in [0.29, 0.717) is 0 Å². The third kappa shape index (κ3) is 1.68. The van der Waals surface area contributed by atoms with Crippen LogP contribution in [-0.2, 0) is 9.57 Å². The molecule has 2 atom stereocenters. The molecule has 3 nitrogen and oxygen atoms in total. The van der Waals surface area contributed by atoms with Gasteiger partial charge < -0.3 is 9.57 Å². The molecule has 0 aromatic rings. The summed E-state index contributed by atoms with van der Waals surface area (Å²) < 4.78 is 29.1. The SMILES string of the molecule is C=C(OCC(F)F)C12CCCC1C(C)=NO2. The smallest absolute Gasteiger partial charge is 0.272 e. The number of fused-ring (bicyclic) bond motifs is 1. The van der Waals surface area contributed by atoms with Crippen LogP contribution in [-0.4, -0.2) is 24.3 Å². The normalized spacial score (nSPS) is 32.2. The first-order valence-corrected chi connectivity index (χ1v) is 5.39. The van der Waals surface area contributed by atoms with E-state index in [9.17, 15) is 8.78 Å². The molecule has 0 bridgehead atoms. The average molecular weight is 231 g/mol. The largest absolute Gasteiger partial charge is 0.488 e. The highest BCUT2D eigenvalue weighted by Gasteiger charge is 2.54. The van der Waals surface area contributed by atoms with Gasteiger partial charge in [0.2, 0.25) is 5.60 Å². The Hall–Kier alpha value is -1.13. The monoisotopic (exact) mass is 231 g/mol. The molecule has 0 amide bonds. The van der Waals surface area contributed by atoms with Crippen LogP contribution in [0.15, 0.2) is 17.5 Å². The molecule has 90 valence electrons. The van der Waals surface area contributed by atoms with Gasteiger partial charge in [0.05, 0.1) is 11.6 Å². The van der Waals surface area contributed by atoms with E-state index in [1.54, 1.807) is 0 Å². The van der Waals surface area contributed by atoms with Gasteiger partial charge in [-0.05, 0) is 26.2 Å². The summed E-state index contributed by atoms with van der Waals surface area (Å²) in [4.78, 5) is 5.39. The van der Waals surface area contributed by atoms with Crippen molar-refractivity contribution >= 4 is 5.71 Å². The third-order valence-electron chi connectivity index (χ3n) is 3.32. The van der Waals surface area contributed by atoms with Crippen LogP contribution in [0.5, 0.6) is 0 Å². The minimum atomic E-state index is -2.49. The fourth-order valence-electron chi connectivity index (χ4n) is 2.52. The van der Waals surface area contributed by atoms with Crippen molar-refractivity contribution in [2.75, 3.05) is 6.61 Å². The molecule has 1 heterocycles. The highest BCUT2D eigenvalue weighted by molar-refractivity contribution is 5.87. The first-order valence-electron chi connectivity index (χ1n) is 5.39. The molecular weight excluding hydrogens is 216 g/mol. The summed E-state index contributed by atoms with van der Waals surface area (Å²) in [6, 6.07) is 0. The zero-order valence-electron chi connectivity index (χ0n) is 9.21. The second-order valence-electron chi connectivity index (χ2n) is 4.28. The Balaban J connectivity index is 2.05. The van der Waals surface area contributed by atoms with Crippen molar-refractivity contribution in [2.45, 2.75) is 38.2 Å². The van der Waals surface area contributed by atoms with Gasteiger partial charge in [0.25, 0.3) is 6.43 Å². The quantitative estimate of drug-likeness (QED) is 0.696. The van der Waals surface area contributed by atoms with E-state index in [0.717, 1.165) is 25.0 Å². The summed E-state index contributed by atoms with van der Waals surface area (Å²) in [5, 5.41) is 3.93. The zero-order valence-corrected chi connectivity index (χ0v) is 9.21. The van der Waals surface area contributed by atoms with Gasteiger partial charge in [-0.15, -0.1) is 0 Å². The molecule has 16 heavy (non-hydrogen) atoms. The summed E-state index contributed by atoms with van der Waals surface area (Å²) in [6.07, 6.45) is 0.179. The number of nitrogens with zero attached hydrogens (tertiary/aromatic N) is 1. The number of hydrogen-bond donors (Lipinski definition) is 0. The van der Waals surface area contributed by atoms with Crippen LogP contribution in [0, 0.1) is 5.92 Å². The molecule has 1 saturated carbocycles. The third-order valence-corrected chi connectivity index (χ3v) is 3.32. The lowest BCUT2D eigenvalue weighted by atomic mass is 9.87. The molecule has 0 radical (unpaired) electrons. The second-order valence-corrected chi connectivity index (χ2v) is 4.28. The van der Waals surface area contributed by atoms with Crippen molar-refractivity contribution in [2.24, 2.45) is 11.1 Å². The molecule has 0 spiro atoms. The van der Waals surface area contributed by atoms with Crippen LogP contribution in [0.4, 0.5) is 8.78 Å². The highest BCUT2D eigenvalue weighted by Crippen LogP contribution is 2.48. The lowest BCUT2D eigenvalue weighted by Crippen LogP contribution is -2.37. The van der Waals surface area contributed by atoms with Crippen molar-refractivity contribution in [1.82, 2.24) is 0 Å². The molecule has 2 aliphatic rings. The lowest BCUT2D eigenvalue weighted by molar-refractivity contribution is -0.0589. The summed E-state index contributed by atoms with van der Waals surface area (Å²) >= 11 is 0. The van der Waals surface area contributed by atoms with Crippen LogP contribution >= 0.6 is 0 Å². The van der Waals surface area contributed by atoms with Crippen molar-refractivity contribution < 1.29 is 18.4 Å². The summed E-state index contributed by atoms with van der Waals surface area (Å²) in [5.74, 6) is 0.425. The van der Waals surface area contributed by atoms with E-state index in [2.05, 4.69) is 11.7 Å². The van der Waals surface area contributed by atoms with E-state index >= 15 is 0 Å². The molecule has 0 aromatic carbocycles. The van der Waals surface area contributed by atoms with Gasteiger partial charge in [-0.2, -0.15) is 0 Å². The fourth-order valence-corrected chi connectivity index (χ4v) is 2.52. The topological polar surface area (TPSA) is 30.8 Å². The molecule has 2 unspecified atom stereocenters. The van der Waals surface area contributed by atoms with E-state index in [4.69, 9.17) is 9.57 Å². The maximum absolute atomic E-state index is 12.1. The molecule has 0 saturated heterocycles. The number of halogens is 2. The van der Waals surface area contributed by atoms with Crippen molar-refractivity contribution in [3.63, 3.8) is 0 Å². The first-order chi connectivity index (χ1) is 7.56. The number of hydrogen-bond acceptors (Lipinski definition) is 3. The summed E-state index contributed by atoms with van der Waals surface area (Å²) in [7, 11) is 0. The number of ether oxygens (including phenoxy) is 1. The zero-order chi connectivity index (χ0) is 11.8. The standard InChI is InChI=1S/C11H15F2NO2/c1-7-9-4-3-5-11(9,16-14-7)8(2)15-6-10(12)13/h9-10H,2-6H2,1H3. The minimum Gasteiger partial charge on any atom is -0.488 e. The Labute approximate surface area is 93.1 Å². The van der Waals surface area contributed by atoms with E-state index < -0.39 is 18.6 Å². The Bertz CT molecular complexity index is 330. The van der Waals surface area contributed by atoms with E-state index in [1.807, 2.05) is 6.92 Å². The molecule has 1 aliphatic carbocycles. The molecule has 0 N–H and O–H groups in total. The van der Waals surface area contributed by atoms with Crippen LogP contribution in [0.25, 0.3) is 0 Å². The Kier molecular flexibility index (Phi) is 2.86. The predicted molar refractivity (Wildman–Crippen MR) is 55.4 cm³/mol. The maximum Gasteiger partial charge on any atom is 0.272 e. The van der Waals surface area contributed by atoms with Crippen LogP contribution in [0.1, 0.15) is 26.2 Å². The van der Waals surface area contributed by atoms with Gasteiger partial charge in [0.1, 0.15) is 12.4 Å². The van der Waals surface area contributed by atoms with Gasteiger partial charge in [0, 0.05) is 0 Å². The van der Waals surface area contributed by atoms with Crippen LogP contribution in [0.3, 0.4) is 0 Å². The van der Waals surface area contributed by atoms with Gasteiger partial charge in [-0.1, -0.05) is 11.7 Å². The Morgan fingerprint density at radius 3 is 3.19 bits per heavy atom. The summed E-state index contributed by atoms with van der Waals surface area (Å²) in [6.45, 7) is 4.98. The highest BCUT2D eigenvalue weighted by atomic mass is 19.3. The van der Waals surface area contributed by atoms with Gasteiger partial charge >= 0.3 is 0 Å². The van der Waals surface area contributed by atoms with Crippen molar-refractivity contribution in [3.05, 3.63) is 12.3 Å². The van der Waals surface area contributed by atoms with Gasteiger partial charge in [0.15, 0.2) is 0 Å². The molecular formula is C11H15F2NO2. The molecule has 2 rings (SSSR count). The Morgan fingerprint density at radius 2 is 2.50 bits per heavy atom. The molecule has 5 heteroatoms. The van der Waals surface area contributed by atoms with Crippen LogP contribution in [0.2, 0.25) is 0 Å². The van der Waals surface area contributed by atoms with Crippen molar-refractivity contribution in [1.29, 1.82) is 0 Å². The fraction of sp³-hybridized carbons (Fsp3) is 0.727. The lowest BCUT2D eigenvalue weighted by Gasteiger charge is -2.28. The predicted octanol–water partition coefficient (Wildman–Crippen LogP) is 2.73. The maximum atomic E-state index is 12.1. The van der Waals surface area contributed by atoms with E-state index in [-0.39, 0.29) is 11.7 Å². The number of oxime groups is 1. The number of alkyl halides is 2. The molecule has 1 fully saturated rings. The van der Waals surface area contributed by atoms with Gasteiger partial charge in [-0.3, -0.25) is 0 Å². The summed E-state index contributed by atoms with van der Waals surface area (Å²) in [5.41, 5.74) is 0.221. The Morgan fingerprint density at radius 1 is 1.75 bits per heavy atom.